The van der Waals surface area contributed by atoms with Gasteiger partial charge in [0.05, 0.1) is 13.2 Å². The van der Waals surface area contributed by atoms with E-state index in [-0.39, 0.29) is 37.4 Å². The number of amides is 4. The lowest BCUT2D eigenvalue weighted by atomic mass is 9.95. The topological polar surface area (TPSA) is 182 Å². The zero-order chi connectivity index (χ0) is 36.0. The molecule has 1 fully saturated rings. The Balaban J connectivity index is 1.81. The molecule has 0 aliphatic carbocycles. The van der Waals surface area contributed by atoms with Gasteiger partial charge in [0.15, 0.2) is 12.4 Å². The van der Waals surface area contributed by atoms with Gasteiger partial charge in [-0.2, -0.15) is 0 Å². The van der Waals surface area contributed by atoms with E-state index in [0.717, 1.165) is 4.90 Å². The molecule has 0 radical (unpaired) electrons. The van der Waals surface area contributed by atoms with Gasteiger partial charge in [-0.15, -0.1) is 0 Å². The third-order valence-corrected chi connectivity index (χ3v) is 7.30. The maximum absolute atomic E-state index is 13.7. The molecule has 0 saturated carbocycles. The molecule has 1 saturated heterocycles. The first-order valence-corrected chi connectivity index (χ1v) is 16.0. The van der Waals surface area contributed by atoms with Crippen LogP contribution in [0.5, 0.6) is 5.75 Å². The molecule has 264 valence electrons. The van der Waals surface area contributed by atoms with Gasteiger partial charge in [-0.05, 0) is 84.9 Å². The summed E-state index contributed by atoms with van der Waals surface area (Å²) in [5, 5.41) is 6.11. The highest BCUT2D eigenvalue weighted by Crippen LogP contribution is 2.27. The molecular formula is C34H48N4O10. The van der Waals surface area contributed by atoms with Gasteiger partial charge < -0.3 is 34.6 Å². The van der Waals surface area contributed by atoms with Crippen molar-refractivity contribution in [3.8, 4) is 5.75 Å². The number of carbonyl (C=O) groups excluding carboxylic acids is 6. The smallest absolute Gasteiger partial charge is 0.496 e. The van der Waals surface area contributed by atoms with Crippen LogP contribution in [-0.4, -0.2) is 89.2 Å². The van der Waals surface area contributed by atoms with Crippen molar-refractivity contribution < 1.29 is 47.7 Å². The van der Waals surface area contributed by atoms with Crippen LogP contribution in [-0.2, 0) is 28.6 Å². The fraction of sp³-hybridized carbons (Fsp3) is 0.588. The predicted octanol–water partition coefficient (Wildman–Crippen LogP) is 4.50. The van der Waals surface area contributed by atoms with Gasteiger partial charge in [0.1, 0.15) is 28.7 Å². The minimum Gasteiger partial charge on any atom is -0.496 e. The number of benzene rings is 1. The van der Waals surface area contributed by atoms with Crippen LogP contribution in [0.3, 0.4) is 0 Å². The molecular weight excluding hydrogens is 624 g/mol. The number of carbonyl (C=O) groups is 6. The van der Waals surface area contributed by atoms with E-state index < -0.39 is 71.6 Å². The van der Waals surface area contributed by atoms with Crippen LogP contribution in [0.1, 0.15) is 85.1 Å². The number of aromatic amines is 1. The van der Waals surface area contributed by atoms with Crippen molar-refractivity contribution in [1.82, 2.24) is 20.5 Å². The molecule has 1 aromatic carbocycles. The number of likely N-dealkylation sites (tertiary alicyclic amines) is 1. The first-order valence-electron chi connectivity index (χ1n) is 16.0. The van der Waals surface area contributed by atoms with Crippen molar-refractivity contribution in [1.29, 1.82) is 0 Å². The number of hydrogen-bond donors (Lipinski definition) is 3. The number of nitrogens with zero attached hydrogens (tertiary/aromatic N) is 1. The molecule has 48 heavy (non-hydrogen) atoms. The molecule has 3 rings (SSSR count). The van der Waals surface area contributed by atoms with Crippen LogP contribution in [0.4, 0.5) is 9.59 Å². The number of Topliss-reactive ketones (excluding diaryl/α,β-unsaturated/α-hetero) is 1. The molecule has 4 amide bonds. The number of aromatic nitrogens is 1. The quantitative estimate of drug-likeness (QED) is 0.272. The number of ether oxygens (including phenoxy) is 4. The summed E-state index contributed by atoms with van der Waals surface area (Å²) >= 11 is 0. The van der Waals surface area contributed by atoms with Crippen molar-refractivity contribution in [3.63, 3.8) is 0 Å². The Bertz CT molecular complexity index is 1520. The number of hydrogen-bond acceptors (Lipinski definition) is 10. The highest BCUT2D eigenvalue weighted by molar-refractivity contribution is 6.02. The summed E-state index contributed by atoms with van der Waals surface area (Å²) < 4.78 is 20.9. The largest absolute Gasteiger partial charge is 0.509 e. The lowest BCUT2D eigenvalue weighted by Gasteiger charge is -2.26. The zero-order valence-electron chi connectivity index (χ0n) is 29.2. The van der Waals surface area contributed by atoms with Gasteiger partial charge in [0.25, 0.3) is 5.91 Å². The lowest BCUT2D eigenvalue weighted by molar-refractivity contribution is -0.134. The number of ketones is 1. The molecule has 0 bridgehead atoms. The molecule has 2 aromatic rings. The van der Waals surface area contributed by atoms with E-state index in [9.17, 15) is 28.8 Å². The lowest BCUT2D eigenvalue weighted by Crippen LogP contribution is -2.53. The number of methoxy groups -OCH3 is 1. The highest BCUT2D eigenvalue weighted by Gasteiger charge is 2.41. The van der Waals surface area contributed by atoms with Gasteiger partial charge in [-0.3, -0.25) is 19.2 Å². The molecule has 1 aliphatic rings. The average Bonchev–Trinajstić information content (AvgIpc) is 3.56. The van der Waals surface area contributed by atoms with E-state index >= 15 is 0 Å². The summed E-state index contributed by atoms with van der Waals surface area (Å²) in [5.74, 6) is -2.75. The Kier molecular flexibility index (Phi) is 12.2. The Morgan fingerprint density at radius 2 is 1.65 bits per heavy atom. The Hall–Kier alpha value is -4.62. The van der Waals surface area contributed by atoms with Crippen molar-refractivity contribution in [2.45, 2.75) is 97.9 Å². The van der Waals surface area contributed by atoms with Crippen LogP contribution in [0.2, 0.25) is 0 Å². The summed E-state index contributed by atoms with van der Waals surface area (Å²) in [6.45, 7) is 13.0. The summed E-state index contributed by atoms with van der Waals surface area (Å²) in [7, 11) is 1.52. The molecule has 3 N–H and O–H groups in total. The van der Waals surface area contributed by atoms with Gasteiger partial charge in [0.2, 0.25) is 11.8 Å². The van der Waals surface area contributed by atoms with Crippen molar-refractivity contribution in [2.75, 3.05) is 20.3 Å². The first-order chi connectivity index (χ1) is 22.3. The molecule has 14 nitrogen and oxygen atoms in total. The van der Waals surface area contributed by atoms with Gasteiger partial charge in [-0.25, -0.2) is 14.5 Å². The van der Waals surface area contributed by atoms with Crippen LogP contribution in [0, 0.1) is 11.8 Å². The predicted molar refractivity (Wildman–Crippen MR) is 175 cm³/mol. The van der Waals surface area contributed by atoms with Gasteiger partial charge >= 0.3 is 12.2 Å². The van der Waals surface area contributed by atoms with E-state index in [1.54, 1.807) is 65.8 Å². The standard InChI is InChI=1S/C34H48N4O10/c1-19(2)15-24(37-29(41)25-17-21-22(35-25)11-10-12-27(21)45-9)28(40)36-23(26(39)18-46-32(44)48-34(6,7)8)16-20-13-14-38(30(20)42)31(43)47-33(3,4)5/h10-12,17,19-20,23-24,35H,13-16,18H2,1-9H3,(H,36,40)(H,37,41)/t20-,23?,24?/m0/s1. The van der Waals surface area contributed by atoms with Crippen molar-refractivity contribution in [2.24, 2.45) is 11.8 Å². The van der Waals surface area contributed by atoms with E-state index in [1.165, 1.54) is 7.11 Å². The third kappa shape index (κ3) is 10.7. The molecule has 2 heterocycles. The monoisotopic (exact) mass is 672 g/mol. The first kappa shape index (κ1) is 37.8. The molecule has 1 aliphatic heterocycles. The van der Waals surface area contributed by atoms with Gasteiger partial charge in [0, 0.05) is 23.4 Å². The second-order valence-electron chi connectivity index (χ2n) is 14.2. The summed E-state index contributed by atoms with van der Waals surface area (Å²) in [6.07, 6.45) is -1.60. The fourth-order valence-electron chi connectivity index (χ4n) is 5.16. The summed E-state index contributed by atoms with van der Waals surface area (Å²) in [5.41, 5.74) is -0.821. The third-order valence-electron chi connectivity index (χ3n) is 7.30. The molecule has 0 spiro atoms. The molecule has 3 atom stereocenters. The number of nitrogens with one attached hydrogen (secondary N) is 3. The minimum atomic E-state index is -1.30. The summed E-state index contributed by atoms with van der Waals surface area (Å²) in [6, 6.07) is 4.59. The van der Waals surface area contributed by atoms with Crippen LogP contribution in [0.15, 0.2) is 24.3 Å². The zero-order valence-corrected chi connectivity index (χ0v) is 29.2. The molecule has 1 aromatic heterocycles. The Labute approximate surface area is 280 Å². The van der Waals surface area contributed by atoms with Crippen LogP contribution >= 0.6 is 0 Å². The van der Waals surface area contributed by atoms with E-state index in [1.807, 2.05) is 13.8 Å². The van der Waals surface area contributed by atoms with Crippen molar-refractivity contribution >= 4 is 46.7 Å². The molecule has 2 unspecified atom stereocenters. The van der Waals surface area contributed by atoms with E-state index in [0.29, 0.717) is 16.7 Å². The molecule has 14 heteroatoms. The highest BCUT2D eigenvalue weighted by atomic mass is 16.7. The second kappa shape index (κ2) is 15.5. The number of rotatable bonds is 12. The number of fused-ring (bicyclic) bond motifs is 1. The van der Waals surface area contributed by atoms with E-state index in [2.05, 4.69) is 15.6 Å². The fourth-order valence-corrected chi connectivity index (χ4v) is 5.16. The maximum atomic E-state index is 13.7. The van der Waals surface area contributed by atoms with Crippen molar-refractivity contribution in [3.05, 3.63) is 30.0 Å². The normalized spacial score (nSPS) is 16.3. The van der Waals surface area contributed by atoms with E-state index in [4.69, 9.17) is 18.9 Å². The minimum absolute atomic E-state index is 0.0349. The average molecular weight is 673 g/mol. The summed E-state index contributed by atoms with van der Waals surface area (Å²) in [4.78, 5) is 82.6. The Morgan fingerprint density at radius 3 is 2.25 bits per heavy atom. The van der Waals surface area contributed by atoms with Gasteiger partial charge in [-0.1, -0.05) is 19.9 Å². The number of imide groups is 1. The Morgan fingerprint density at radius 1 is 0.979 bits per heavy atom. The van der Waals surface area contributed by atoms with Crippen LogP contribution in [0.25, 0.3) is 10.9 Å². The van der Waals surface area contributed by atoms with Crippen LogP contribution < -0.4 is 15.4 Å². The SMILES string of the molecule is COc1cccc2[nH]c(C(=O)NC(CC(C)C)C(=O)NC(C[C@@H]3CCN(C(=O)OC(C)(C)C)C3=O)C(=O)COC(=O)OC(C)(C)C)cc12. The number of H-pyrrole nitrogens is 1. The second-order valence-corrected chi connectivity index (χ2v) is 14.2. The maximum Gasteiger partial charge on any atom is 0.509 e.